The minimum Gasteiger partial charge on any atom is -0.352 e. The number of hydrogen-bond donors (Lipinski definition) is 1. The van der Waals surface area contributed by atoms with Gasteiger partial charge in [0.05, 0.1) is 0 Å². The lowest BCUT2D eigenvalue weighted by molar-refractivity contribution is 0.0936. The number of carbonyl (C=O) groups excluding carboxylic acids is 1. The molecule has 1 N–H and O–H groups in total. The van der Waals surface area contributed by atoms with Crippen LogP contribution in [0.3, 0.4) is 0 Å². The number of carbonyl (C=O) groups is 1. The first-order valence-corrected chi connectivity index (χ1v) is 6.79. The molecule has 1 atom stereocenters. The number of hydrogen-bond acceptors (Lipinski definition) is 2. The van der Waals surface area contributed by atoms with Gasteiger partial charge in [-0.3, -0.25) is 4.79 Å². The van der Waals surface area contributed by atoms with Crippen LogP contribution >= 0.6 is 0 Å². The van der Waals surface area contributed by atoms with Gasteiger partial charge in [0.1, 0.15) is 5.82 Å². The minimum atomic E-state index is -0.273. The van der Waals surface area contributed by atoms with Crippen molar-refractivity contribution in [2.24, 2.45) is 5.92 Å². The van der Waals surface area contributed by atoms with E-state index in [4.69, 9.17) is 0 Å². The third kappa shape index (κ3) is 3.77. The van der Waals surface area contributed by atoms with Gasteiger partial charge >= 0.3 is 0 Å². The Labute approximate surface area is 113 Å². The lowest BCUT2D eigenvalue weighted by Crippen LogP contribution is -2.39. The monoisotopic (exact) mass is 264 g/mol. The maximum Gasteiger partial charge on any atom is 0.251 e. The molecule has 0 saturated carbocycles. The van der Waals surface area contributed by atoms with E-state index < -0.39 is 0 Å². The highest BCUT2D eigenvalue weighted by Crippen LogP contribution is 2.14. The quantitative estimate of drug-likeness (QED) is 0.907. The molecule has 1 saturated heterocycles. The van der Waals surface area contributed by atoms with Crippen LogP contribution in [0.15, 0.2) is 18.2 Å². The van der Waals surface area contributed by atoms with Crippen molar-refractivity contribution in [2.45, 2.75) is 19.8 Å². The van der Waals surface area contributed by atoms with Crippen LogP contribution in [-0.2, 0) is 0 Å². The SMILES string of the molecule is Cc1cc(C(=O)NCC2CCCN(C)C2)ccc1F. The fraction of sp³-hybridized carbons (Fsp3) is 0.533. The van der Waals surface area contributed by atoms with E-state index in [0.717, 1.165) is 19.5 Å². The molecule has 104 valence electrons. The summed E-state index contributed by atoms with van der Waals surface area (Å²) in [6.07, 6.45) is 2.35. The number of nitrogens with one attached hydrogen (secondary N) is 1. The fourth-order valence-corrected chi connectivity index (χ4v) is 2.56. The molecule has 4 heteroatoms. The molecule has 1 amide bonds. The largest absolute Gasteiger partial charge is 0.352 e. The summed E-state index contributed by atoms with van der Waals surface area (Å²) in [5, 5.41) is 2.95. The summed E-state index contributed by atoms with van der Waals surface area (Å²) in [6, 6.07) is 4.47. The number of amides is 1. The van der Waals surface area contributed by atoms with Crippen LogP contribution in [0.1, 0.15) is 28.8 Å². The Morgan fingerprint density at radius 2 is 2.32 bits per heavy atom. The molecule has 0 aromatic heterocycles. The molecule has 1 aliphatic rings. The predicted octanol–water partition coefficient (Wildman–Crippen LogP) is 2.21. The summed E-state index contributed by atoms with van der Waals surface area (Å²) in [6.45, 7) is 4.53. The first-order chi connectivity index (χ1) is 9.06. The summed E-state index contributed by atoms with van der Waals surface area (Å²) in [5.74, 6) is 0.131. The summed E-state index contributed by atoms with van der Waals surface area (Å²) in [7, 11) is 2.11. The number of likely N-dealkylation sites (tertiary alicyclic amines) is 1. The van der Waals surface area contributed by atoms with E-state index in [-0.39, 0.29) is 11.7 Å². The van der Waals surface area contributed by atoms with Crippen molar-refractivity contribution < 1.29 is 9.18 Å². The van der Waals surface area contributed by atoms with E-state index in [1.54, 1.807) is 13.0 Å². The Kier molecular flexibility index (Phi) is 4.53. The second-order valence-electron chi connectivity index (χ2n) is 5.44. The average molecular weight is 264 g/mol. The van der Waals surface area contributed by atoms with Gasteiger partial charge in [0, 0.05) is 18.7 Å². The van der Waals surface area contributed by atoms with Crippen LogP contribution in [-0.4, -0.2) is 37.5 Å². The van der Waals surface area contributed by atoms with Crippen molar-refractivity contribution in [2.75, 3.05) is 26.7 Å². The van der Waals surface area contributed by atoms with Crippen molar-refractivity contribution in [1.29, 1.82) is 0 Å². The second-order valence-corrected chi connectivity index (χ2v) is 5.44. The first kappa shape index (κ1) is 14.0. The highest BCUT2D eigenvalue weighted by Gasteiger charge is 2.18. The lowest BCUT2D eigenvalue weighted by atomic mass is 9.98. The van der Waals surface area contributed by atoms with Gasteiger partial charge in [-0.25, -0.2) is 4.39 Å². The third-order valence-electron chi connectivity index (χ3n) is 3.69. The molecule has 2 rings (SSSR count). The van der Waals surface area contributed by atoms with Crippen LogP contribution in [0.25, 0.3) is 0 Å². The van der Waals surface area contributed by atoms with Gasteiger partial charge in [-0.1, -0.05) is 0 Å². The molecule has 1 aromatic carbocycles. The average Bonchev–Trinajstić information content (AvgIpc) is 2.39. The van der Waals surface area contributed by atoms with Crippen LogP contribution in [0.4, 0.5) is 4.39 Å². The van der Waals surface area contributed by atoms with E-state index in [9.17, 15) is 9.18 Å². The zero-order valence-corrected chi connectivity index (χ0v) is 11.6. The summed E-state index contributed by atoms with van der Waals surface area (Å²) >= 11 is 0. The van der Waals surface area contributed by atoms with Crippen LogP contribution < -0.4 is 5.32 Å². The molecule has 0 spiro atoms. The normalized spacial score (nSPS) is 20.3. The van der Waals surface area contributed by atoms with Crippen molar-refractivity contribution in [3.63, 3.8) is 0 Å². The van der Waals surface area contributed by atoms with Gasteiger partial charge in [0.15, 0.2) is 0 Å². The summed E-state index contributed by atoms with van der Waals surface area (Å²) < 4.78 is 13.1. The number of aryl methyl sites for hydroxylation is 1. The van der Waals surface area contributed by atoms with Gasteiger partial charge < -0.3 is 10.2 Å². The molecule has 0 bridgehead atoms. The zero-order valence-electron chi connectivity index (χ0n) is 11.6. The molecule has 1 aliphatic heterocycles. The van der Waals surface area contributed by atoms with E-state index >= 15 is 0 Å². The Bertz CT molecular complexity index is 461. The van der Waals surface area contributed by atoms with E-state index in [1.165, 1.54) is 18.6 Å². The number of benzene rings is 1. The number of halogens is 1. The lowest BCUT2D eigenvalue weighted by Gasteiger charge is -2.29. The van der Waals surface area contributed by atoms with Crippen molar-refractivity contribution in [3.8, 4) is 0 Å². The van der Waals surface area contributed by atoms with E-state index in [2.05, 4.69) is 17.3 Å². The van der Waals surface area contributed by atoms with Crippen molar-refractivity contribution in [3.05, 3.63) is 35.1 Å². The highest BCUT2D eigenvalue weighted by atomic mass is 19.1. The minimum absolute atomic E-state index is 0.115. The Morgan fingerprint density at radius 1 is 1.53 bits per heavy atom. The standard InChI is InChI=1S/C15H21FN2O/c1-11-8-13(5-6-14(11)16)15(19)17-9-12-4-3-7-18(2)10-12/h5-6,8,12H,3-4,7,9-10H2,1-2H3,(H,17,19). The molecule has 1 heterocycles. The number of piperidine rings is 1. The van der Waals surface area contributed by atoms with Crippen molar-refractivity contribution in [1.82, 2.24) is 10.2 Å². The highest BCUT2D eigenvalue weighted by molar-refractivity contribution is 5.94. The van der Waals surface area contributed by atoms with Gasteiger partial charge in [0.25, 0.3) is 5.91 Å². The molecule has 19 heavy (non-hydrogen) atoms. The van der Waals surface area contributed by atoms with Gasteiger partial charge in [0.2, 0.25) is 0 Å². The molecule has 0 aliphatic carbocycles. The Balaban J connectivity index is 1.88. The Hall–Kier alpha value is -1.42. The van der Waals surface area contributed by atoms with Crippen LogP contribution in [0.2, 0.25) is 0 Å². The maximum atomic E-state index is 13.1. The predicted molar refractivity (Wildman–Crippen MR) is 73.7 cm³/mol. The van der Waals surface area contributed by atoms with Gasteiger partial charge in [-0.2, -0.15) is 0 Å². The zero-order chi connectivity index (χ0) is 13.8. The van der Waals surface area contributed by atoms with Crippen LogP contribution in [0, 0.1) is 18.7 Å². The molecule has 1 aromatic rings. The molecule has 3 nitrogen and oxygen atoms in total. The van der Waals surface area contributed by atoms with Gasteiger partial charge in [-0.15, -0.1) is 0 Å². The van der Waals surface area contributed by atoms with Gasteiger partial charge in [-0.05, 0) is 63.0 Å². The Morgan fingerprint density at radius 3 is 3.00 bits per heavy atom. The maximum absolute atomic E-state index is 13.1. The smallest absolute Gasteiger partial charge is 0.251 e. The molecular weight excluding hydrogens is 243 g/mol. The van der Waals surface area contributed by atoms with Crippen LogP contribution in [0.5, 0.6) is 0 Å². The third-order valence-corrected chi connectivity index (χ3v) is 3.69. The second kappa shape index (κ2) is 6.15. The number of nitrogens with zero attached hydrogens (tertiary/aromatic N) is 1. The molecular formula is C15H21FN2O. The molecule has 1 unspecified atom stereocenters. The molecule has 0 radical (unpaired) electrons. The number of rotatable bonds is 3. The van der Waals surface area contributed by atoms with Crippen molar-refractivity contribution >= 4 is 5.91 Å². The fourth-order valence-electron chi connectivity index (χ4n) is 2.56. The molecule has 1 fully saturated rings. The van der Waals surface area contributed by atoms with E-state index in [1.807, 2.05) is 0 Å². The topological polar surface area (TPSA) is 32.3 Å². The summed E-state index contributed by atoms with van der Waals surface area (Å²) in [4.78, 5) is 14.3. The first-order valence-electron chi connectivity index (χ1n) is 6.79. The summed E-state index contributed by atoms with van der Waals surface area (Å²) in [5.41, 5.74) is 1.04. The van der Waals surface area contributed by atoms with E-state index in [0.29, 0.717) is 23.6 Å².